The summed E-state index contributed by atoms with van der Waals surface area (Å²) < 4.78 is 55.4. The van der Waals surface area contributed by atoms with E-state index in [9.17, 15) is 22.4 Å². The second kappa shape index (κ2) is 10.8. The van der Waals surface area contributed by atoms with Gasteiger partial charge in [0.25, 0.3) is 5.56 Å². The molecule has 0 fully saturated rings. The van der Waals surface area contributed by atoms with Crippen LogP contribution in [0.5, 0.6) is 0 Å². The summed E-state index contributed by atoms with van der Waals surface area (Å²) in [4.78, 5) is 33.2. The van der Waals surface area contributed by atoms with Crippen LogP contribution in [0.3, 0.4) is 0 Å². The van der Waals surface area contributed by atoms with Crippen molar-refractivity contribution >= 4 is 33.6 Å². The van der Waals surface area contributed by atoms with E-state index < -0.39 is 29.2 Å². The van der Waals surface area contributed by atoms with Gasteiger partial charge in [0.05, 0.1) is 29.1 Å². The number of anilines is 2. The van der Waals surface area contributed by atoms with Gasteiger partial charge in [-0.3, -0.25) is 10.2 Å². The van der Waals surface area contributed by atoms with Gasteiger partial charge in [-0.05, 0) is 36.8 Å². The second-order valence-electron chi connectivity index (χ2n) is 7.86. The molecule has 0 radical (unpaired) electrons. The minimum absolute atomic E-state index is 0.0292. The maximum absolute atomic E-state index is 14.6. The van der Waals surface area contributed by atoms with E-state index in [2.05, 4.69) is 35.7 Å². The summed E-state index contributed by atoms with van der Waals surface area (Å²) in [7, 11) is 0. The summed E-state index contributed by atoms with van der Waals surface area (Å²) in [6.07, 6.45) is -1.44. The Morgan fingerprint density at radius 1 is 1.08 bits per heavy atom. The third-order valence-electron chi connectivity index (χ3n) is 5.56. The molecular weight excluding hydrogens is 504 g/mol. The molecule has 3 N–H and O–H groups in total. The average molecular weight is 529 g/mol. The largest absolute Gasteiger partial charge is 0.416 e. The number of aromatic nitrogens is 6. The molecule has 2 aromatic carbocycles. The Kier molecular flexibility index (Phi) is 7.55. The molecule has 1 unspecified atom stereocenters. The van der Waals surface area contributed by atoms with Crippen LogP contribution in [0.1, 0.15) is 44.6 Å². The minimum Gasteiger partial charge on any atom is -0.358 e. The molecule has 5 aromatic rings. The van der Waals surface area contributed by atoms with Gasteiger partial charge in [-0.15, -0.1) is 0 Å². The van der Waals surface area contributed by atoms with Crippen LogP contribution >= 0.6 is 0 Å². The molecule has 3 aromatic heterocycles. The van der Waals surface area contributed by atoms with Gasteiger partial charge in [0.1, 0.15) is 23.0 Å². The molecule has 5 rings (SSSR count). The molecule has 9 nitrogen and oxygen atoms in total. The molecule has 0 saturated carbocycles. The first-order chi connectivity index (χ1) is 18.3. The number of benzene rings is 2. The Morgan fingerprint density at radius 3 is 2.58 bits per heavy atom. The molecular formula is C25H24F4N8O. The van der Waals surface area contributed by atoms with Gasteiger partial charge in [0, 0.05) is 0 Å². The van der Waals surface area contributed by atoms with Crippen molar-refractivity contribution in [1.82, 2.24) is 29.6 Å². The maximum atomic E-state index is 14.6. The number of nitrogens with zero attached hydrogens (tertiary/aromatic N) is 5. The van der Waals surface area contributed by atoms with Crippen molar-refractivity contribution in [2.45, 2.75) is 39.4 Å². The van der Waals surface area contributed by atoms with Crippen molar-refractivity contribution in [2.75, 3.05) is 10.7 Å². The molecule has 0 aliphatic heterocycles. The van der Waals surface area contributed by atoms with E-state index in [1.54, 1.807) is 0 Å². The van der Waals surface area contributed by atoms with Crippen LogP contribution in [-0.4, -0.2) is 29.6 Å². The van der Waals surface area contributed by atoms with Crippen molar-refractivity contribution in [3.8, 4) is 0 Å². The molecule has 0 spiro atoms. The summed E-state index contributed by atoms with van der Waals surface area (Å²) in [6.45, 7) is 5.82. The van der Waals surface area contributed by atoms with Gasteiger partial charge >= 0.3 is 6.18 Å². The third kappa shape index (κ3) is 5.12. The van der Waals surface area contributed by atoms with Crippen LogP contribution in [0.15, 0.2) is 59.9 Å². The van der Waals surface area contributed by atoms with Crippen molar-refractivity contribution < 1.29 is 17.6 Å². The number of aromatic amines is 1. The van der Waals surface area contributed by atoms with E-state index in [-0.39, 0.29) is 22.4 Å². The van der Waals surface area contributed by atoms with Gasteiger partial charge in [-0.25, -0.2) is 29.0 Å². The first-order valence-corrected chi connectivity index (χ1v) is 11.8. The number of hydrogen-bond donors (Lipinski definition) is 3. The first kappa shape index (κ1) is 26.5. The number of rotatable bonds is 6. The SMILES string of the molecule is CC.CCC(Nc1ncnc2nc[nH]c12)c1nc2cccc(F)c2c(=O)n1Nc1cccc(C(F)(F)F)c1. The van der Waals surface area contributed by atoms with Gasteiger partial charge in [0.15, 0.2) is 17.3 Å². The summed E-state index contributed by atoms with van der Waals surface area (Å²) in [5.41, 5.74) is 1.98. The van der Waals surface area contributed by atoms with Gasteiger partial charge in [-0.2, -0.15) is 13.2 Å². The van der Waals surface area contributed by atoms with Gasteiger partial charge in [0.2, 0.25) is 0 Å². The fourth-order valence-corrected chi connectivity index (χ4v) is 3.83. The van der Waals surface area contributed by atoms with E-state index in [4.69, 9.17) is 0 Å². The first-order valence-electron chi connectivity index (χ1n) is 11.8. The predicted octanol–water partition coefficient (Wildman–Crippen LogP) is 5.69. The van der Waals surface area contributed by atoms with E-state index in [1.807, 2.05) is 20.8 Å². The summed E-state index contributed by atoms with van der Waals surface area (Å²) >= 11 is 0. The highest BCUT2D eigenvalue weighted by Gasteiger charge is 2.30. The summed E-state index contributed by atoms with van der Waals surface area (Å²) in [5.74, 6) is -0.306. The average Bonchev–Trinajstić information content (AvgIpc) is 3.39. The van der Waals surface area contributed by atoms with Crippen LogP contribution in [0.4, 0.5) is 29.1 Å². The Morgan fingerprint density at radius 2 is 1.84 bits per heavy atom. The zero-order chi connectivity index (χ0) is 27.4. The zero-order valence-electron chi connectivity index (χ0n) is 20.6. The van der Waals surface area contributed by atoms with Crippen LogP contribution in [0.2, 0.25) is 0 Å². The highest BCUT2D eigenvalue weighted by atomic mass is 19.4. The monoisotopic (exact) mass is 528 g/mol. The number of hydrogen-bond acceptors (Lipinski definition) is 7. The molecule has 1 atom stereocenters. The maximum Gasteiger partial charge on any atom is 0.416 e. The quantitative estimate of drug-likeness (QED) is 0.243. The number of alkyl halides is 3. The molecule has 13 heteroatoms. The minimum atomic E-state index is -4.59. The normalized spacial score (nSPS) is 12.2. The number of imidazole rings is 1. The molecule has 0 saturated heterocycles. The fraction of sp³-hybridized carbons (Fsp3) is 0.240. The number of fused-ring (bicyclic) bond motifs is 2. The van der Waals surface area contributed by atoms with Gasteiger partial charge < -0.3 is 10.3 Å². The van der Waals surface area contributed by atoms with E-state index in [0.717, 1.165) is 22.9 Å². The van der Waals surface area contributed by atoms with E-state index in [0.29, 0.717) is 23.4 Å². The highest BCUT2D eigenvalue weighted by Crippen LogP contribution is 2.31. The molecule has 0 bridgehead atoms. The molecule has 198 valence electrons. The highest BCUT2D eigenvalue weighted by molar-refractivity contribution is 5.82. The van der Waals surface area contributed by atoms with E-state index >= 15 is 0 Å². The van der Waals surface area contributed by atoms with Crippen LogP contribution in [-0.2, 0) is 6.18 Å². The van der Waals surface area contributed by atoms with Gasteiger partial charge in [-0.1, -0.05) is 32.9 Å². The lowest BCUT2D eigenvalue weighted by Gasteiger charge is -2.23. The molecule has 0 amide bonds. The van der Waals surface area contributed by atoms with Crippen molar-refractivity contribution in [3.63, 3.8) is 0 Å². The number of halogens is 4. The topological polar surface area (TPSA) is 113 Å². The lowest BCUT2D eigenvalue weighted by atomic mass is 10.1. The number of nitrogens with one attached hydrogen (secondary N) is 3. The van der Waals surface area contributed by atoms with Crippen molar-refractivity contribution in [2.24, 2.45) is 0 Å². The van der Waals surface area contributed by atoms with Crippen LogP contribution < -0.4 is 16.3 Å². The smallest absolute Gasteiger partial charge is 0.358 e. The lowest BCUT2D eigenvalue weighted by Crippen LogP contribution is -2.34. The Labute approximate surface area is 214 Å². The Hall–Kier alpha value is -4.55. The summed E-state index contributed by atoms with van der Waals surface area (Å²) in [6, 6.07) is 7.70. The lowest BCUT2D eigenvalue weighted by molar-refractivity contribution is -0.137. The Balaban J connectivity index is 0.00000164. The predicted molar refractivity (Wildman–Crippen MR) is 136 cm³/mol. The molecule has 38 heavy (non-hydrogen) atoms. The van der Waals surface area contributed by atoms with Crippen LogP contribution in [0.25, 0.3) is 22.1 Å². The van der Waals surface area contributed by atoms with Crippen LogP contribution in [0, 0.1) is 5.82 Å². The third-order valence-corrected chi connectivity index (χ3v) is 5.56. The van der Waals surface area contributed by atoms with Crippen molar-refractivity contribution in [3.05, 3.63) is 82.7 Å². The molecule has 0 aliphatic rings. The van der Waals surface area contributed by atoms with E-state index in [1.165, 1.54) is 36.9 Å². The summed E-state index contributed by atoms with van der Waals surface area (Å²) in [5, 5.41) is 2.89. The Bertz CT molecular complexity index is 1630. The van der Waals surface area contributed by atoms with Crippen molar-refractivity contribution in [1.29, 1.82) is 0 Å². The second-order valence-corrected chi connectivity index (χ2v) is 7.86. The molecule has 3 heterocycles. The fourth-order valence-electron chi connectivity index (χ4n) is 3.83. The molecule has 0 aliphatic carbocycles. The number of H-pyrrole nitrogens is 1. The standard InChI is InChI=1S/C23H18F4N8O.C2H6/c1-2-15(32-20-18-19(29-10-28-18)30-11-31-20)21-33-16-8-4-7-14(24)17(16)22(36)35(21)34-13-6-3-5-12(9-13)23(25,26)27;1-2/h3-11,15,34H,2H2,1H3,(H2,28,29,30,31,32);1-2H3. The zero-order valence-corrected chi connectivity index (χ0v) is 20.6.